The molecule has 5 heterocycles. The third-order valence-corrected chi connectivity index (χ3v) is 7.04. The van der Waals surface area contributed by atoms with Crippen LogP contribution in [0.4, 0.5) is 5.13 Å². The van der Waals surface area contributed by atoms with Gasteiger partial charge in [0.1, 0.15) is 17.2 Å². The first kappa shape index (κ1) is 16.2. The van der Waals surface area contributed by atoms with Crippen molar-refractivity contribution in [3.05, 3.63) is 28.1 Å². The van der Waals surface area contributed by atoms with Gasteiger partial charge < -0.3 is 4.90 Å². The van der Waals surface area contributed by atoms with Crippen LogP contribution in [0, 0.1) is 0 Å². The quantitative estimate of drug-likeness (QED) is 0.744. The third-order valence-electron chi connectivity index (χ3n) is 5.10. The molecule has 2 aromatic rings. The van der Waals surface area contributed by atoms with Gasteiger partial charge in [-0.3, -0.25) is 9.69 Å². The zero-order valence-corrected chi connectivity index (χ0v) is 16.1. The van der Waals surface area contributed by atoms with E-state index in [1.807, 2.05) is 17.0 Å². The fourth-order valence-corrected chi connectivity index (χ4v) is 5.63. The van der Waals surface area contributed by atoms with Gasteiger partial charge in [-0.2, -0.15) is 0 Å². The second-order valence-corrected chi connectivity index (χ2v) is 8.81. The number of thiophene rings is 1. The molecular weight excluding hydrogens is 364 g/mol. The highest BCUT2D eigenvalue weighted by Gasteiger charge is 2.33. The van der Waals surface area contributed by atoms with Crippen LogP contribution in [0.2, 0.25) is 0 Å². The van der Waals surface area contributed by atoms with Crippen molar-refractivity contribution in [1.82, 2.24) is 9.88 Å². The molecular formula is C19H20N4OS2. The summed E-state index contributed by atoms with van der Waals surface area (Å²) in [5.41, 5.74) is 1.55. The second kappa shape index (κ2) is 6.63. The molecule has 1 amide bonds. The summed E-state index contributed by atoms with van der Waals surface area (Å²) in [5, 5.41) is 3.14. The number of carbonyl (C=O) groups is 1. The Kier molecular flexibility index (Phi) is 4.13. The Labute approximate surface area is 160 Å². The number of amidine groups is 1. The third kappa shape index (κ3) is 2.79. The zero-order valence-electron chi connectivity index (χ0n) is 14.5. The molecule has 5 rings (SSSR count). The van der Waals surface area contributed by atoms with Crippen molar-refractivity contribution in [3.8, 4) is 10.6 Å². The molecule has 3 aliphatic rings. The van der Waals surface area contributed by atoms with Gasteiger partial charge in [-0.05, 0) is 43.2 Å². The molecule has 0 spiro atoms. The first-order chi connectivity index (χ1) is 12.8. The minimum Gasteiger partial charge on any atom is -0.348 e. The second-order valence-electron chi connectivity index (χ2n) is 6.85. The number of anilines is 1. The predicted molar refractivity (Wildman–Crippen MR) is 108 cm³/mol. The van der Waals surface area contributed by atoms with Crippen molar-refractivity contribution in [3.63, 3.8) is 0 Å². The smallest absolute Gasteiger partial charge is 0.277 e. The summed E-state index contributed by atoms with van der Waals surface area (Å²) in [6.07, 6.45) is 7.64. The summed E-state index contributed by atoms with van der Waals surface area (Å²) < 4.78 is 0. The maximum Gasteiger partial charge on any atom is 0.277 e. The number of aromatic nitrogens is 1. The van der Waals surface area contributed by atoms with Crippen molar-refractivity contribution in [2.75, 3.05) is 24.5 Å². The molecule has 0 N–H and O–H groups in total. The Balaban J connectivity index is 1.55. The molecule has 2 fully saturated rings. The van der Waals surface area contributed by atoms with Gasteiger partial charge in [-0.15, -0.1) is 11.3 Å². The minimum atomic E-state index is 0.0440. The first-order valence-corrected chi connectivity index (χ1v) is 10.9. The minimum absolute atomic E-state index is 0.0440. The van der Waals surface area contributed by atoms with Crippen molar-refractivity contribution in [1.29, 1.82) is 0 Å². The Morgan fingerprint density at radius 2 is 2.00 bits per heavy atom. The Hall–Kier alpha value is -1.99. The van der Waals surface area contributed by atoms with E-state index in [-0.39, 0.29) is 5.91 Å². The average Bonchev–Trinajstić information content (AvgIpc) is 3.43. The van der Waals surface area contributed by atoms with Crippen LogP contribution in [0.25, 0.3) is 16.6 Å². The fourth-order valence-electron chi connectivity index (χ4n) is 3.77. The van der Waals surface area contributed by atoms with Crippen molar-refractivity contribution in [2.24, 2.45) is 4.99 Å². The van der Waals surface area contributed by atoms with E-state index >= 15 is 0 Å². The van der Waals surface area contributed by atoms with Gasteiger partial charge in [-0.25, -0.2) is 9.98 Å². The van der Waals surface area contributed by atoms with Crippen LogP contribution in [0.15, 0.2) is 28.2 Å². The van der Waals surface area contributed by atoms with Crippen LogP contribution in [-0.4, -0.2) is 41.3 Å². The van der Waals surface area contributed by atoms with Gasteiger partial charge in [0.05, 0.1) is 9.75 Å². The molecule has 2 saturated heterocycles. The molecule has 2 aromatic heterocycles. The molecule has 134 valence electrons. The maximum absolute atomic E-state index is 12.6. The highest BCUT2D eigenvalue weighted by Crippen LogP contribution is 2.38. The SMILES string of the molecule is O=C1C(=Cc2sc(N3CCCCC3)nc2-c2cccs2)N=C2CCCN12. The van der Waals surface area contributed by atoms with E-state index in [4.69, 9.17) is 4.98 Å². The lowest BCUT2D eigenvalue weighted by Crippen LogP contribution is -2.29. The van der Waals surface area contributed by atoms with Crippen molar-refractivity contribution >= 4 is 45.6 Å². The van der Waals surface area contributed by atoms with Gasteiger partial charge in [0.25, 0.3) is 5.91 Å². The van der Waals surface area contributed by atoms with Gasteiger partial charge in [0, 0.05) is 26.1 Å². The number of nitrogens with zero attached hydrogens (tertiary/aromatic N) is 4. The lowest BCUT2D eigenvalue weighted by atomic mass is 10.1. The van der Waals surface area contributed by atoms with E-state index in [1.165, 1.54) is 19.3 Å². The molecule has 3 aliphatic heterocycles. The summed E-state index contributed by atoms with van der Waals surface area (Å²) in [5.74, 6) is 0.974. The normalized spacial score (nSPS) is 21.6. The maximum atomic E-state index is 12.6. The summed E-state index contributed by atoms with van der Waals surface area (Å²) in [6, 6.07) is 4.15. The molecule has 0 aromatic carbocycles. The average molecular weight is 385 g/mol. The summed E-state index contributed by atoms with van der Waals surface area (Å²) in [6.45, 7) is 2.94. The number of piperidine rings is 1. The summed E-state index contributed by atoms with van der Waals surface area (Å²) in [4.78, 5) is 28.6. The number of thiazole rings is 1. The number of aliphatic imine (C=N–C) groups is 1. The fraction of sp³-hybridized carbons (Fsp3) is 0.421. The molecule has 0 radical (unpaired) electrons. The molecule has 0 unspecified atom stereocenters. The largest absolute Gasteiger partial charge is 0.348 e. The summed E-state index contributed by atoms with van der Waals surface area (Å²) >= 11 is 3.38. The van der Waals surface area contributed by atoms with Crippen LogP contribution in [0.1, 0.15) is 37.0 Å². The van der Waals surface area contributed by atoms with Crippen LogP contribution < -0.4 is 4.90 Å². The summed E-state index contributed by atoms with van der Waals surface area (Å²) in [7, 11) is 0. The van der Waals surface area contributed by atoms with Crippen LogP contribution >= 0.6 is 22.7 Å². The predicted octanol–water partition coefficient (Wildman–Crippen LogP) is 4.24. The van der Waals surface area contributed by atoms with Crippen molar-refractivity contribution in [2.45, 2.75) is 32.1 Å². The highest BCUT2D eigenvalue weighted by molar-refractivity contribution is 7.18. The van der Waals surface area contributed by atoms with E-state index in [0.717, 1.165) is 58.9 Å². The van der Waals surface area contributed by atoms with Gasteiger partial charge in [0.2, 0.25) is 0 Å². The number of rotatable bonds is 3. The van der Waals surface area contributed by atoms with E-state index in [0.29, 0.717) is 5.70 Å². The molecule has 5 nitrogen and oxygen atoms in total. The Bertz CT molecular complexity index is 891. The van der Waals surface area contributed by atoms with Gasteiger partial charge in [-0.1, -0.05) is 17.4 Å². The Morgan fingerprint density at radius 3 is 2.77 bits per heavy atom. The van der Waals surface area contributed by atoms with Crippen LogP contribution in [0.3, 0.4) is 0 Å². The highest BCUT2D eigenvalue weighted by atomic mass is 32.1. The van der Waals surface area contributed by atoms with E-state index in [2.05, 4.69) is 21.3 Å². The van der Waals surface area contributed by atoms with Crippen LogP contribution in [-0.2, 0) is 4.79 Å². The lowest BCUT2D eigenvalue weighted by molar-refractivity contribution is -0.122. The number of amides is 1. The number of hydrogen-bond acceptors (Lipinski definition) is 6. The molecule has 7 heteroatoms. The Morgan fingerprint density at radius 1 is 1.12 bits per heavy atom. The standard InChI is InChI=1S/C19H20N4OS2/c24-18-13(20-16-7-4-10-23(16)18)12-15-17(14-6-5-11-25-14)21-19(26-15)22-8-2-1-3-9-22/h5-6,11-12H,1-4,7-10H2. The number of carbonyl (C=O) groups excluding carboxylic acids is 1. The van der Waals surface area contributed by atoms with E-state index in [9.17, 15) is 4.79 Å². The molecule has 26 heavy (non-hydrogen) atoms. The monoisotopic (exact) mass is 384 g/mol. The molecule has 0 bridgehead atoms. The topological polar surface area (TPSA) is 48.8 Å². The number of fused-ring (bicyclic) bond motifs is 1. The van der Waals surface area contributed by atoms with Crippen LogP contribution in [0.5, 0.6) is 0 Å². The van der Waals surface area contributed by atoms with E-state index < -0.39 is 0 Å². The van der Waals surface area contributed by atoms with Gasteiger partial charge in [0.15, 0.2) is 5.13 Å². The van der Waals surface area contributed by atoms with Crippen molar-refractivity contribution < 1.29 is 4.79 Å². The molecule has 0 atom stereocenters. The van der Waals surface area contributed by atoms with Gasteiger partial charge >= 0.3 is 0 Å². The van der Waals surface area contributed by atoms with E-state index in [1.54, 1.807) is 22.7 Å². The first-order valence-electron chi connectivity index (χ1n) is 9.20. The zero-order chi connectivity index (χ0) is 17.5. The molecule has 0 aliphatic carbocycles. The number of hydrogen-bond donors (Lipinski definition) is 0. The molecule has 0 saturated carbocycles. The lowest BCUT2D eigenvalue weighted by Gasteiger charge is -2.25.